The number of halogens is 3. The van der Waals surface area contributed by atoms with E-state index in [1.165, 1.54) is 10.6 Å². The summed E-state index contributed by atoms with van der Waals surface area (Å²) >= 11 is 0. The average Bonchev–Trinajstić information content (AvgIpc) is 2.76. The number of fused-ring (bicyclic) bond motifs is 1. The number of carbonyl (C=O) groups is 1. The zero-order valence-corrected chi connectivity index (χ0v) is 17.8. The van der Waals surface area contributed by atoms with E-state index in [0.717, 1.165) is 12.1 Å². The standard InChI is InChI=1S/C24H19F3N4O2/c1-3-15-8-14(9-22(27)29-15)10-23(32)30-16-4-6-17(7-5-16)31-13(2)28-21-12-20(26)19(25)11-18(21)24(31)33/h4-9,11-12H,3,10H2,1-2H3,(H,30,32). The van der Waals surface area contributed by atoms with Crippen molar-refractivity contribution < 1.29 is 18.0 Å². The van der Waals surface area contributed by atoms with Gasteiger partial charge in [-0.05, 0) is 61.4 Å². The van der Waals surface area contributed by atoms with Crippen molar-refractivity contribution in [1.82, 2.24) is 14.5 Å². The van der Waals surface area contributed by atoms with Gasteiger partial charge in [-0.15, -0.1) is 0 Å². The number of nitrogens with one attached hydrogen (secondary N) is 1. The van der Waals surface area contributed by atoms with E-state index >= 15 is 0 Å². The first-order valence-corrected chi connectivity index (χ1v) is 10.2. The number of carbonyl (C=O) groups excluding carboxylic acids is 1. The van der Waals surface area contributed by atoms with Gasteiger partial charge in [-0.1, -0.05) is 6.92 Å². The molecule has 0 atom stereocenters. The maximum Gasteiger partial charge on any atom is 0.266 e. The Bertz CT molecular complexity index is 1430. The molecule has 0 aliphatic rings. The van der Waals surface area contributed by atoms with Gasteiger partial charge in [0.05, 0.1) is 23.0 Å². The maximum absolute atomic E-state index is 13.6. The Morgan fingerprint density at radius 1 is 1.00 bits per heavy atom. The number of aromatic nitrogens is 3. The molecule has 4 rings (SSSR count). The van der Waals surface area contributed by atoms with Gasteiger partial charge in [0, 0.05) is 17.4 Å². The molecule has 9 heteroatoms. The Balaban J connectivity index is 1.57. The lowest BCUT2D eigenvalue weighted by Crippen LogP contribution is -2.22. The number of aryl methyl sites for hydroxylation is 2. The average molecular weight is 452 g/mol. The highest BCUT2D eigenvalue weighted by Gasteiger charge is 2.14. The molecule has 0 unspecified atom stereocenters. The van der Waals surface area contributed by atoms with Crippen LogP contribution in [0.2, 0.25) is 0 Å². The van der Waals surface area contributed by atoms with E-state index in [0.29, 0.717) is 34.9 Å². The lowest BCUT2D eigenvalue weighted by atomic mass is 10.1. The van der Waals surface area contributed by atoms with Crippen molar-refractivity contribution in [3.05, 3.63) is 93.5 Å². The largest absolute Gasteiger partial charge is 0.326 e. The number of benzene rings is 2. The van der Waals surface area contributed by atoms with E-state index in [4.69, 9.17) is 0 Å². The third-order valence-corrected chi connectivity index (χ3v) is 5.12. The first-order valence-electron chi connectivity index (χ1n) is 10.2. The molecule has 6 nitrogen and oxygen atoms in total. The molecule has 0 saturated heterocycles. The Hall–Kier alpha value is -4.01. The summed E-state index contributed by atoms with van der Waals surface area (Å²) in [6, 6.07) is 11.0. The van der Waals surface area contributed by atoms with Crippen molar-refractivity contribution in [2.24, 2.45) is 0 Å². The molecule has 0 aliphatic heterocycles. The molecule has 0 fully saturated rings. The molecule has 0 saturated carbocycles. The van der Waals surface area contributed by atoms with Crippen molar-refractivity contribution in [2.75, 3.05) is 5.32 Å². The SMILES string of the molecule is CCc1cc(CC(=O)Nc2ccc(-n3c(C)nc4cc(F)c(F)cc4c3=O)cc2)cc(F)n1. The van der Waals surface area contributed by atoms with Crippen LogP contribution in [-0.2, 0) is 17.6 Å². The molecular weight excluding hydrogens is 433 g/mol. The third kappa shape index (κ3) is 4.62. The molecule has 0 spiro atoms. The van der Waals surface area contributed by atoms with Crippen molar-refractivity contribution in [3.8, 4) is 5.69 Å². The molecule has 2 aromatic carbocycles. The second kappa shape index (κ2) is 8.85. The number of nitrogens with zero attached hydrogens (tertiary/aromatic N) is 3. The van der Waals surface area contributed by atoms with E-state index in [9.17, 15) is 22.8 Å². The molecule has 1 amide bonds. The van der Waals surface area contributed by atoms with Gasteiger partial charge in [0.25, 0.3) is 5.56 Å². The Morgan fingerprint density at radius 3 is 2.39 bits per heavy atom. The first kappa shape index (κ1) is 22.2. The molecule has 1 N–H and O–H groups in total. The topological polar surface area (TPSA) is 76.9 Å². The summed E-state index contributed by atoms with van der Waals surface area (Å²) in [6.45, 7) is 3.43. The van der Waals surface area contributed by atoms with Gasteiger partial charge in [0.2, 0.25) is 11.9 Å². The van der Waals surface area contributed by atoms with Crippen LogP contribution in [0.3, 0.4) is 0 Å². The normalized spacial score (nSPS) is 11.1. The van der Waals surface area contributed by atoms with E-state index in [1.807, 2.05) is 6.92 Å². The van der Waals surface area contributed by atoms with Crippen molar-refractivity contribution >= 4 is 22.5 Å². The van der Waals surface area contributed by atoms with Gasteiger partial charge in [0.1, 0.15) is 5.82 Å². The number of hydrogen-bond acceptors (Lipinski definition) is 4. The minimum atomic E-state index is -1.13. The molecule has 0 aliphatic carbocycles. The van der Waals surface area contributed by atoms with Gasteiger partial charge >= 0.3 is 0 Å². The van der Waals surface area contributed by atoms with Crippen molar-refractivity contribution in [1.29, 1.82) is 0 Å². The predicted octanol–water partition coefficient (Wildman–Crippen LogP) is 4.25. The highest BCUT2D eigenvalue weighted by atomic mass is 19.2. The van der Waals surface area contributed by atoms with Crippen LogP contribution in [0.5, 0.6) is 0 Å². The molecule has 0 radical (unpaired) electrons. The Kier molecular flexibility index (Phi) is 5.95. The van der Waals surface area contributed by atoms with Crippen LogP contribution < -0.4 is 10.9 Å². The van der Waals surface area contributed by atoms with Crippen LogP contribution in [0.15, 0.2) is 53.3 Å². The van der Waals surface area contributed by atoms with E-state index in [2.05, 4.69) is 15.3 Å². The molecule has 4 aromatic rings. The zero-order chi connectivity index (χ0) is 23.7. The maximum atomic E-state index is 13.6. The fourth-order valence-corrected chi connectivity index (χ4v) is 3.57. The first-order chi connectivity index (χ1) is 15.7. The minimum Gasteiger partial charge on any atom is -0.326 e. The highest BCUT2D eigenvalue weighted by molar-refractivity contribution is 5.92. The summed E-state index contributed by atoms with van der Waals surface area (Å²) in [4.78, 5) is 33.2. The number of anilines is 1. The predicted molar refractivity (Wildman–Crippen MR) is 118 cm³/mol. The van der Waals surface area contributed by atoms with Gasteiger partial charge in [-0.3, -0.25) is 14.2 Å². The highest BCUT2D eigenvalue weighted by Crippen LogP contribution is 2.18. The number of pyridine rings is 1. The van der Waals surface area contributed by atoms with Crippen molar-refractivity contribution in [2.45, 2.75) is 26.7 Å². The van der Waals surface area contributed by atoms with Crippen LogP contribution in [-0.4, -0.2) is 20.4 Å². The zero-order valence-electron chi connectivity index (χ0n) is 17.8. The van der Waals surface area contributed by atoms with E-state index in [-0.39, 0.29) is 23.2 Å². The van der Waals surface area contributed by atoms with E-state index < -0.39 is 23.1 Å². The van der Waals surface area contributed by atoms with Crippen LogP contribution in [0.4, 0.5) is 18.9 Å². The van der Waals surface area contributed by atoms with Crippen LogP contribution in [0.25, 0.3) is 16.6 Å². The second-order valence-electron chi connectivity index (χ2n) is 7.50. The fraction of sp³-hybridized carbons (Fsp3) is 0.167. The second-order valence-corrected chi connectivity index (χ2v) is 7.50. The number of rotatable bonds is 5. The lowest BCUT2D eigenvalue weighted by Gasteiger charge is -2.12. The molecule has 2 aromatic heterocycles. The van der Waals surface area contributed by atoms with Gasteiger partial charge in [0.15, 0.2) is 11.6 Å². The van der Waals surface area contributed by atoms with E-state index in [1.54, 1.807) is 37.3 Å². The molecular formula is C24H19F3N4O2. The molecule has 33 heavy (non-hydrogen) atoms. The van der Waals surface area contributed by atoms with Gasteiger partial charge in [-0.2, -0.15) is 4.39 Å². The Labute approximate surface area is 186 Å². The smallest absolute Gasteiger partial charge is 0.266 e. The van der Waals surface area contributed by atoms with Crippen LogP contribution in [0.1, 0.15) is 24.0 Å². The van der Waals surface area contributed by atoms with Gasteiger partial charge in [-0.25, -0.2) is 18.7 Å². The number of hydrogen-bond donors (Lipinski definition) is 1. The summed E-state index contributed by atoms with van der Waals surface area (Å²) in [5, 5.41) is 2.67. The van der Waals surface area contributed by atoms with Crippen LogP contribution >= 0.6 is 0 Å². The summed E-state index contributed by atoms with van der Waals surface area (Å²) in [6.07, 6.45) is 0.529. The quantitative estimate of drug-likeness (QED) is 0.460. The third-order valence-electron chi connectivity index (χ3n) is 5.12. The Morgan fingerprint density at radius 2 is 1.70 bits per heavy atom. The minimum absolute atomic E-state index is 0.0243. The molecule has 168 valence electrons. The summed E-state index contributed by atoms with van der Waals surface area (Å²) in [7, 11) is 0. The molecule has 2 heterocycles. The summed E-state index contributed by atoms with van der Waals surface area (Å²) in [5.41, 5.74) is 1.52. The molecule has 0 bridgehead atoms. The monoisotopic (exact) mass is 452 g/mol. The summed E-state index contributed by atoms with van der Waals surface area (Å²) in [5.74, 6) is -2.88. The number of amides is 1. The lowest BCUT2D eigenvalue weighted by molar-refractivity contribution is -0.115. The van der Waals surface area contributed by atoms with Crippen molar-refractivity contribution in [3.63, 3.8) is 0 Å². The summed E-state index contributed by atoms with van der Waals surface area (Å²) < 4.78 is 42.0. The van der Waals surface area contributed by atoms with Crippen LogP contribution in [0, 0.1) is 24.5 Å². The van der Waals surface area contributed by atoms with Gasteiger partial charge < -0.3 is 5.32 Å². The fourth-order valence-electron chi connectivity index (χ4n) is 3.57.